The van der Waals surface area contributed by atoms with Crippen molar-refractivity contribution in [1.29, 1.82) is 0 Å². The fraction of sp³-hybridized carbons (Fsp3) is 0.250. The lowest BCUT2D eigenvalue weighted by molar-refractivity contribution is -0.125. The number of anilines is 1. The molecule has 0 saturated carbocycles. The van der Waals surface area contributed by atoms with Gasteiger partial charge in [-0.2, -0.15) is 0 Å². The maximum absolute atomic E-state index is 12.5. The Balaban J connectivity index is 1.51. The molecule has 2 aliphatic heterocycles. The van der Waals surface area contributed by atoms with Crippen LogP contribution in [0.5, 0.6) is 0 Å². The molecule has 0 saturated heterocycles. The smallest absolute Gasteiger partial charge is 0.249 e. The van der Waals surface area contributed by atoms with Crippen LogP contribution >= 0.6 is 0 Å². The minimum Gasteiger partial charge on any atom is -0.338 e. The Morgan fingerprint density at radius 2 is 1.81 bits per heavy atom. The van der Waals surface area contributed by atoms with Gasteiger partial charge < -0.3 is 10.2 Å². The van der Waals surface area contributed by atoms with Crippen LogP contribution in [0.4, 0.5) is 5.69 Å². The first-order valence-corrected chi connectivity index (χ1v) is 8.74. The number of rotatable bonds is 2. The molecule has 2 aromatic carbocycles. The molecular formula is C20H20N4O2. The minimum absolute atomic E-state index is 0.0621. The van der Waals surface area contributed by atoms with Crippen LogP contribution in [0.3, 0.4) is 0 Å². The Hall–Kier alpha value is -3.15. The Kier molecular flexibility index (Phi) is 4.39. The molecule has 6 heteroatoms. The van der Waals surface area contributed by atoms with Gasteiger partial charge in [-0.15, -0.1) is 0 Å². The van der Waals surface area contributed by atoms with Crippen LogP contribution in [0.2, 0.25) is 0 Å². The van der Waals surface area contributed by atoms with Gasteiger partial charge in [-0.25, -0.2) is 4.99 Å². The molecule has 0 radical (unpaired) electrons. The van der Waals surface area contributed by atoms with E-state index in [2.05, 4.69) is 27.8 Å². The number of hydrogen-bond acceptors (Lipinski definition) is 4. The normalized spacial score (nSPS) is 19.2. The zero-order chi connectivity index (χ0) is 17.9. The van der Waals surface area contributed by atoms with Crippen LogP contribution < -0.4 is 10.6 Å². The summed E-state index contributed by atoms with van der Waals surface area (Å²) in [5.41, 5.74) is 3.25. The molecule has 2 heterocycles. The van der Waals surface area contributed by atoms with Crippen LogP contribution in [0, 0.1) is 0 Å². The summed E-state index contributed by atoms with van der Waals surface area (Å²) < 4.78 is 0. The van der Waals surface area contributed by atoms with E-state index in [0.29, 0.717) is 18.2 Å². The second-order valence-electron chi connectivity index (χ2n) is 6.52. The van der Waals surface area contributed by atoms with Crippen molar-refractivity contribution in [2.24, 2.45) is 4.99 Å². The first kappa shape index (κ1) is 16.3. The number of benzene rings is 2. The number of nitrogens with one attached hydrogen (secondary N) is 2. The van der Waals surface area contributed by atoms with E-state index in [1.54, 1.807) is 0 Å². The van der Waals surface area contributed by atoms with Crippen molar-refractivity contribution in [3.8, 4) is 0 Å². The molecule has 4 rings (SSSR count). The SMILES string of the molecule is O=C1C[C@H](C(=O)Nc2ccccc2)N=C(N2CCc3ccccc3C2)N1. The number of para-hydroxylation sites is 1. The molecule has 2 aromatic rings. The summed E-state index contributed by atoms with van der Waals surface area (Å²) in [5.74, 6) is 0.0481. The highest BCUT2D eigenvalue weighted by atomic mass is 16.2. The van der Waals surface area contributed by atoms with Gasteiger partial charge in [0.15, 0.2) is 0 Å². The van der Waals surface area contributed by atoms with Crippen molar-refractivity contribution in [2.45, 2.75) is 25.4 Å². The molecule has 2 aliphatic rings. The first-order chi connectivity index (χ1) is 12.7. The average Bonchev–Trinajstić information content (AvgIpc) is 2.68. The fourth-order valence-corrected chi connectivity index (χ4v) is 3.31. The summed E-state index contributed by atoms with van der Waals surface area (Å²) in [6, 6.07) is 16.8. The van der Waals surface area contributed by atoms with E-state index in [9.17, 15) is 9.59 Å². The third-order valence-electron chi connectivity index (χ3n) is 4.68. The van der Waals surface area contributed by atoms with Gasteiger partial charge in [0, 0.05) is 18.8 Å². The molecule has 2 amide bonds. The van der Waals surface area contributed by atoms with Crippen molar-refractivity contribution < 1.29 is 9.59 Å². The lowest BCUT2D eigenvalue weighted by Gasteiger charge is -2.33. The van der Waals surface area contributed by atoms with E-state index < -0.39 is 6.04 Å². The van der Waals surface area contributed by atoms with Gasteiger partial charge >= 0.3 is 0 Å². The van der Waals surface area contributed by atoms with Crippen molar-refractivity contribution in [3.05, 3.63) is 65.7 Å². The summed E-state index contributed by atoms with van der Waals surface area (Å²) in [7, 11) is 0. The quantitative estimate of drug-likeness (QED) is 0.871. The summed E-state index contributed by atoms with van der Waals surface area (Å²) in [6.45, 7) is 1.45. The van der Waals surface area contributed by atoms with Crippen LogP contribution in [0.1, 0.15) is 17.5 Å². The number of carbonyl (C=O) groups excluding carboxylic acids is 2. The van der Waals surface area contributed by atoms with Gasteiger partial charge in [0.05, 0.1) is 6.42 Å². The highest BCUT2D eigenvalue weighted by Crippen LogP contribution is 2.20. The maximum Gasteiger partial charge on any atom is 0.249 e. The van der Waals surface area contributed by atoms with Crippen LogP contribution in [-0.2, 0) is 22.6 Å². The third-order valence-corrected chi connectivity index (χ3v) is 4.68. The lowest BCUT2D eigenvalue weighted by Crippen LogP contribution is -2.51. The molecular weight excluding hydrogens is 328 g/mol. The Morgan fingerprint density at radius 3 is 2.62 bits per heavy atom. The minimum atomic E-state index is -0.712. The molecule has 1 atom stereocenters. The lowest BCUT2D eigenvalue weighted by atomic mass is 10.00. The highest BCUT2D eigenvalue weighted by molar-refractivity contribution is 6.05. The second-order valence-corrected chi connectivity index (χ2v) is 6.52. The first-order valence-electron chi connectivity index (χ1n) is 8.74. The number of hydrogen-bond donors (Lipinski definition) is 2. The number of guanidine groups is 1. The molecule has 132 valence electrons. The Morgan fingerprint density at radius 1 is 1.08 bits per heavy atom. The average molecular weight is 348 g/mol. The Labute approximate surface area is 151 Å². The number of fused-ring (bicyclic) bond motifs is 1. The molecule has 0 fully saturated rings. The van der Waals surface area contributed by atoms with Gasteiger partial charge in [-0.05, 0) is 29.7 Å². The summed E-state index contributed by atoms with van der Waals surface area (Å²) in [6.07, 6.45) is 0.957. The van der Waals surface area contributed by atoms with E-state index in [1.165, 1.54) is 11.1 Å². The molecule has 6 nitrogen and oxygen atoms in total. The van der Waals surface area contributed by atoms with E-state index in [4.69, 9.17) is 0 Å². The van der Waals surface area contributed by atoms with Crippen molar-refractivity contribution in [3.63, 3.8) is 0 Å². The topological polar surface area (TPSA) is 73.8 Å². The largest absolute Gasteiger partial charge is 0.338 e. The van der Waals surface area contributed by atoms with E-state index in [-0.39, 0.29) is 18.2 Å². The van der Waals surface area contributed by atoms with Crippen molar-refractivity contribution >= 4 is 23.5 Å². The van der Waals surface area contributed by atoms with Gasteiger partial charge in [-0.3, -0.25) is 14.9 Å². The predicted octanol–water partition coefficient (Wildman–Crippen LogP) is 1.93. The van der Waals surface area contributed by atoms with Gasteiger partial charge in [0.2, 0.25) is 17.8 Å². The standard InChI is InChI=1S/C20H20N4O2/c25-18-12-17(19(26)21-16-8-2-1-3-9-16)22-20(23-18)24-11-10-14-6-4-5-7-15(14)13-24/h1-9,17H,10-13H2,(H,21,26)(H,22,23,25)/t17-/m1/s1. The number of carbonyl (C=O) groups is 2. The van der Waals surface area contributed by atoms with Gasteiger partial charge in [-0.1, -0.05) is 42.5 Å². The zero-order valence-corrected chi connectivity index (χ0v) is 14.3. The molecule has 0 aliphatic carbocycles. The molecule has 0 unspecified atom stereocenters. The Bertz CT molecular complexity index is 863. The van der Waals surface area contributed by atoms with Crippen LogP contribution in [0.15, 0.2) is 59.6 Å². The predicted molar refractivity (Wildman–Crippen MR) is 99.6 cm³/mol. The van der Waals surface area contributed by atoms with E-state index in [0.717, 1.165) is 13.0 Å². The van der Waals surface area contributed by atoms with E-state index >= 15 is 0 Å². The van der Waals surface area contributed by atoms with Crippen LogP contribution in [0.25, 0.3) is 0 Å². The number of amides is 2. The molecule has 26 heavy (non-hydrogen) atoms. The van der Waals surface area contributed by atoms with Crippen LogP contribution in [-0.4, -0.2) is 35.3 Å². The molecule has 2 N–H and O–H groups in total. The van der Waals surface area contributed by atoms with Gasteiger partial charge in [0.25, 0.3) is 0 Å². The third kappa shape index (κ3) is 3.44. The molecule has 0 spiro atoms. The maximum atomic E-state index is 12.5. The highest BCUT2D eigenvalue weighted by Gasteiger charge is 2.30. The fourth-order valence-electron chi connectivity index (χ4n) is 3.31. The van der Waals surface area contributed by atoms with Crippen molar-refractivity contribution in [1.82, 2.24) is 10.2 Å². The summed E-state index contributed by atoms with van der Waals surface area (Å²) in [4.78, 5) is 31.2. The zero-order valence-electron chi connectivity index (χ0n) is 14.3. The summed E-state index contributed by atoms with van der Waals surface area (Å²) >= 11 is 0. The second kappa shape index (κ2) is 7.00. The van der Waals surface area contributed by atoms with Crippen molar-refractivity contribution in [2.75, 3.05) is 11.9 Å². The monoisotopic (exact) mass is 348 g/mol. The van der Waals surface area contributed by atoms with E-state index in [1.807, 2.05) is 47.4 Å². The molecule has 0 bridgehead atoms. The summed E-state index contributed by atoms with van der Waals surface area (Å²) in [5, 5.41) is 5.65. The number of nitrogens with zero attached hydrogens (tertiary/aromatic N) is 2. The number of aliphatic imine (C=N–C) groups is 1. The molecule has 0 aromatic heterocycles. The van der Waals surface area contributed by atoms with Gasteiger partial charge in [0.1, 0.15) is 6.04 Å².